The predicted octanol–water partition coefficient (Wildman–Crippen LogP) is 1.76. The number of hydrogen-bond donors (Lipinski definition) is 1. The zero-order chi connectivity index (χ0) is 18.4. The number of nitrogens with zero attached hydrogens (tertiary/aromatic N) is 2. The lowest BCUT2D eigenvalue weighted by Crippen LogP contribution is -2.51. The summed E-state index contributed by atoms with van der Waals surface area (Å²) in [7, 11) is 1.78. The average Bonchev–Trinajstić information content (AvgIpc) is 3.41. The normalized spacial score (nSPS) is 19.2. The number of likely N-dealkylation sites (tertiary alicyclic amines) is 1. The second kappa shape index (κ2) is 8.54. The zero-order valence-electron chi connectivity index (χ0n) is 15.7. The maximum Gasteiger partial charge on any atom is 0.409 e. The van der Waals surface area contributed by atoms with E-state index in [9.17, 15) is 14.4 Å². The number of rotatable bonds is 7. The van der Waals surface area contributed by atoms with E-state index >= 15 is 0 Å². The fourth-order valence-electron chi connectivity index (χ4n) is 3.27. The highest BCUT2D eigenvalue weighted by atomic mass is 16.6. The minimum atomic E-state index is -0.846. The molecule has 1 heterocycles. The lowest BCUT2D eigenvalue weighted by Gasteiger charge is -2.32. The van der Waals surface area contributed by atoms with Gasteiger partial charge >= 0.3 is 6.09 Å². The molecule has 2 rings (SSSR count). The van der Waals surface area contributed by atoms with Crippen LogP contribution in [0.5, 0.6) is 0 Å². The van der Waals surface area contributed by atoms with Crippen LogP contribution in [0.4, 0.5) is 4.79 Å². The summed E-state index contributed by atoms with van der Waals surface area (Å²) < 4.78 is 5.00. The minimum absolute atomic E-state index is 0.0180. The summed E-state index contributed by atoms with van der Waals surface area (Å²) in [6.07, 6.45) is 4.34. The van der Waals surface area contributed by atoms with Gasteiger partial charge in [-0.3, -0.25) is 9.59 Å². The fourth-order valence-corrected chi connectivity index (χ4v) is 3.27. The van der Waals surface area contributed by atoms with E-state index in [-0.39, 0.29) is 23.9 Å². The monoisotopic (exact) mass is 353 g/mol. The van der Waals surface area contributed by atoms with Gasteiger partial charge in [-0.1, -0.05) is 13.3 Å². The van der Waals surface area contributed by atoms with Gasteiger partial charge in [0.1, 0.15) is 5.41 Å². The van der Waals surface area contributed by atoms with Crippen LogP contribution in [0.25, 0.3) is 0 Å². The summed E-state index contributed by atoms with van der Waals surface area (Å²) in [4.78, 5) is 40.4. The summed E-state index contributed by atoms with van der Waals surface area (Å²) in [6.45, 7) is 6.07. The van der Waals surface area contributed by atoms with Crippen molar-refractivity contribution >= 4 is 17.9 Å². The van der Waals surface area contributed by atoms with Crippen molar-refractivity contribution in [2.24, 2.45) is 5.41 Å². The summed E-state index contributed by atoms with van der Waals surface area (Å²) in [5, 5.41) is 3.04. The van der Waals surface area contributed by atoms with E-state index in [0.29, 0.717) is 51.9 Å². The second-order valence-corrected chi connectivity index (χ2v) is 7.10. The Morgan fingerprint density at radius 3 is 2.36 bits per heavy atom. The topological polar surface area (TPSA) is 79.0 Å². The average molecular weight is 353 g/mol. The molecule has 1 aliphatic carbocycles. The van der Waals surface area contributed by atoms with Crippen molar-refractivity contribution in [1.82, 2.24) is 15.1 Å². The van der Waals surface area contributed by atoms with E-state index in [1.807, 2.05) is 0 Å². The Morgan fingerprint density at radius 1 is 1.20 bits per heavy atom. The Balaban J connectivity index is 1.82. The first-order valence-electron chi connectivity index (χ1n) is 9.42. The lowest BCUT2D eigenvalue weighted by molar-refractivity contribution is -0.143. The molecule has 0 aromatic heterocycles. The van der Waals surface area contributed by atoms with Crippen molar-refractivity contribution in [2.45, 2.75) is 58.4 Å². The third kappa shape index (κ3) is 4.64. The Bertz CT molecular complexity index is 497. The van der Waals surface area contributed by atoms with Gasteiger partial charge < -0.3 is 19.9 Å². The van der Waals surface area contributed by atoms with Gasteiger partial charge in [0.25, 0.3) is 0 Å². The van der Waals surface area contributed by atoms with E-state index in [1.54, 1.807) is 23.8 Å². The molecule has 2 aliphatic rings. The Labute approximate surface area is 150 Å². The molecule has 25 heavy (non-hydrogen) atoms. The van der Waals surface area contributed by atoms with Crippen molar-refractivity contribution in [3.8, 4) is 0 Å². The third-order valence-corrected chi connectivity index (χ3v) is 5.14. The first-order chi connectivity index (χ1) is 11.9. The molecule has 1 saturated carbocycles. The molecule has 0 aromatic carbocycles. The standard InChI is InChI=1S/C18H31N3O4/c1-4-6-11-20(3)16(23)18(9-10-18)15(22)19-14-7-12-21(13-8-14)17(24)25-5-2/h14H,4-13H2,1-3H3,(H,19,22). The van der Waals surface area contributed by atoms with Gasteiger partial charge in [-0.25, -0.2) is 4.79 Å². The number of amides is 3. The maximum absolute atomic E-state index is 12.7. The van der Waals surface area contributed by atoms with Gasteiger partial charge in [-0.15, -0.1) is 0 Å². The SMILES string of the molecule is CCCCN(C)C(=O)C1(C(=O)NC2CCN(C(=O)OCC)CC2)CC1. The predicted molar refractivity (Wildman–Crippen MR) is 94.0 cm³/mol. The van der Waals surface area contributed by atoms with Crippen molar-refractivity contribution in [2.75, 3.05) is 33.3 Å². The van der Waals surface area contributed by atoms with Gasteiger partial charge in [0.05, 0.1) is 6.61 Å². The number of carbonyl (C=O) groups is 3. The number of unbranched alkanes of at least 4 members (excludes halogenated alkanes) is 1. The fraction of sp³-hybridized carbons (Fsp3) is 0.833. The molecule has 2 fully saturated rings. The van der Waals surface area contributed by atoms with E-state index in [4.69, 9.17) is 4.74 Å². The lowest BCUT2D eigenvalue weighted by atomic mass is 10.0. The molecule has 0 unspecified atom stereocenters. The summed E-state index contributed by atoms with van der Waals surface area (Å²) in [6, 6.07) is 0.0180. The minimum Gasteiger partial charge on any atom is -0.450 e. The molecule has 0 atom stereocenters. The number of nitrogens with one attached hydrogen (secondary N) is 1. The van der Waals surface area contributed by atoms with Gasteiger partial charge in [-0.05, 0) is 39.0 Å². The van der Waals surface area contributed by atoms with Gasteiger partial charge in [0, 0.05) is 32.7 Å². The van der Waals surface area contributed by atoms with Crippen molar-refractivity contribution in [1.29, 1.82) is 0 Å². The quantitative estimate of drug-likeness (QED) is 0.708. The van der Waals surface area contributed by atoms with E-state index in [2.05, 4.69) is 12.2 Å². The van der Waals surface area contributed by atoms with Crippen molar-refractivity contribution in [3.63, 3.8) is 0 Å². The van der Waals surface area contributed by atoms with E-state index in [0.717, 1.165) is 12.8 Å². The summed E-state index contributed by atoms with van der Waals surface area (Å²) in [5.74, 6) is -0.196. The Kier molecular flexibility index (Phi) is 6.67. The summed E-state index contributed by atoms with van der Waals surface area (Å²) in [5.41, 5.74) is -0.846. The van der Waals surface area contributed by atoms with Crippen molar-refractivity contribution < 1.29 is 19.1 Å². The van der Waals surface area contributed by atoms with Crippen LogP contribution < -0.4 is 5.32 Å². The second-order valence-electron chi connectivity index (χ2n) is 7.10. The number of ether oxygens (including phenoxy) is 1. The van der Waals surface area contributed by atoms with Crippen LogP contribution in [-0.4, -0.2) is 67.0 Å². The molecule has 0 spiro atoms. The molecule has 7 heteroatoms. The van der Waals surface area contributed by atoms with Crippen LogP contribution in [0.15, 0.2) is 0 Å². The van der Waals surface area contributed by atoms with Crippen LogP contribution in [0.3, 0.4) is 0 Å². The number of carbonyl (C=O) groups excluding carboxylic acids is 3. The number of piperidine rings is 1. The molecule has 1 aliphatic heterocycles. The van der Waals surface area contributed by atoms with Gasteiger partial charge in [0.15, 0.2) is 0 Å². The molecule has 1 N–H and O–H groups in total. The largest absolute Gasteiger partial charge is 0.450 e. The summed E-state index contributed by atoms with van der Waals surface area (Å²) >= 11 is 0. The van der Waals surface area contributed by atoms with Crippen LogP contribution in [0, 0.1) is 5.41 Å². The first kappa shape index (κ1) is 19.5. The van der Waals surface area contributed by atoms with Crippen LogP contribution in [0.1, 0.15) is 52.4 Å². The van der Waals surface area contributed by atoms with Gasteiger partial charge in [0.2, 0.25) is 11.8 Å². The van der Waals surface area contributed by atoms with Crippen LogP contribution in [-0.2, 0) is 14.3 Å². The molecule has 7 nitrogen and oxygen atoms in total. The highest BCUT2D eigenvalue weighted by Gasteiger charge is 2.57. The molecule has 1 saturated heterocycles. The van der Waals surface area contributed by atoms with E-state index < -0.39 is 5.41 Å². The molecular weight excluding hydrogens is 322 g/mol. The van der Waals surface area contributed by atoms with Gasteiger partial charge in [-0.2, -0.15) is 0 Å². The Morgan fingerprint density at radius 2 is 1.84 bits per heavy atom. The Hall–Kier alpha value is -1.79. The first-order valence-corrected chi connectivity index (χ1v) is 9.42. The number of hydrogen-bond acceptors (Lipinski definition) is 4. The highest BCUT2D eigenvalue weighted by molar-refractivity contribution is 6.07. The molecule has 0 radical (unpaired) electrons. The smallest absolute Gasteiger partial charge is 0.409 e. The highest BCUT2D eigenvalue weighted by Crippen LogP contribution is 2.47. The van der Waals surface area contributed by atoms with E-state index in [1.165, 1.54) is 0 Å². The molecule has 142 valence electrons. The van der Waals surface area contributed by atoms with Crippen LogP contribution >= 0.6 is 0 Å². The zero-order valence-corrected chi connectivity index (χ0v) is 15.7. The van der Waals surface area contributed by atoms with Crippen LogP contribution in [0.2, 0.25) is 0 Å². The maximum atomic E-state index is 12.7. The van der Waals surface area contributed by atoms with Crippen molar-refractivity contribution in [3.05, 3.63) is 0 Å². The molecule has 3 amide bonds. The molecule has 0 aromatic rings. The molecular formula is C18H31N3O4. The third-order valence-electron chi connectivity index (χ3n) is 5.14. The molecule has 0 bridgehead atoms.